The summed E-state index contributed by atoms with van der Waals surface area (Å²) in [5, 5.41) is 0.649. The Bertz CT molecular complexity index is 587. The Balaban J connectivity index is 2.20. The maximum atomic E-state index is 12.1. The highest BCUT2D eigenvalue weighted by molar-refractivity contribution is 6.31. The Hall–Kier alpha value is -1.65. The van der Waals surface area contributed by atoms with E-state index in [0.717, 1.165) is 16.7 Å². The van der Waals surface area contributed by atoms with Crippen LogP contribution in [0, 0.1) is 6.92 Å². The summed E-state index contributed by atoms with van der Waals surface area (Å²) in [5.74, 6) is 0.109. The first-order valence-corrected chi connectivity index (χ1v) is 6.41. The highest BCUT2D eigenvalue weighted by Crippen LogP contribution is 2.26. The van der Waals surface area contributed by atoms with E-state index in [0.29, 0.717) is 5.02 Å². The predicted molar refractivity (Wildman–Crippen MR) is 75.3 cm³/mol. The molecule has 106 valence electrons. The highest BCUT2D eigenvalue weighted by Gasteiger charge is 2.11. The van der Waals surface area contributed by atoms with Crippen LogP contribution in [0.4, 0.5) is 8.78 Å². The predicted octanol–water partition coefficient (Wildman–Crippen LogP) is 4.30. The van der Waals surface area contributed by atoms with Gasteiger partial charge in [0, 0.05) is 5.02 Å². The second-order valence-corrected chi connectivity index (χ2v) is 4.84. The molecule has 0 aliphatic heterocycles. The Morgan fingerprint density at radius 2 is 1.65 bits per heavy atom. The molecule has 0 heterocycles. The van der Waals surface area contributed by atoms with Crippen molar-refractivity contribution < 1.29 is 13.5 Å². The molecule has 1 atom stereocenters. The summed E-state index contributed by atoms with van der Waals surface area (Å²) in [6.07, 6.45) is 0. The van der Waals surface area contributed by atoms with Gasteiger partial charge in [-0.1, -0.05) is 35.9 Å². The van der Waals surface area contributed by atoms with Crippen molar-refractivity contribution in [2.24, 2.45) is 5.73 Å². The normalized spacial score (nSPS) is 12.5. The molecule has 0 fully saturated rings. The van der Waals surface area contributed by atoms with Gasteiger partial charge in [-0.05, 0) is 41.8 Å². The minimum Gasteiger partial charge on any atom is -0.435 e. The van der Waals surface area contributed by atoms with E-state index in [9.17, 15) is 8.78 Å². The van der Waals surface area contributed by atoms with Gasteiger partial charge in [0.15, 0.2) is 0 Å². The van der Waals surface area contributed by atoms with Gasteiger partial charge >= 0.3 is 6.61 Å². The van der Waals surface area contributed by atoms with Gasteiger partial charge in [0.2, 0.25) is 0 Å². The second-order valence-electron chi connectivity index (χ2n) is 4.43. The van der Waals surface area contributed by atoms with Crippen LogP contribution >= 0.6 is 11.6 Å². The molecule has 0 aliphatic rings. The lowest BCUT2D eigenvalue weighted by molar-refractivity contribution is -0.0498. The zero-order valence-corrected chi connectivity index (χ0v) is 11.6. The number of rotatable bonds is 4. The summed E-state index contributed by atoms with van der Waals surface area (Å²) in [7, 11) is 0. The quantitative estimate of drug-likeness (QED) is 0.913. The molecule has 2 aromatic rings. The maximum absolute atomic E-state index is 12.1. The van der Waals surface area contributed by atoms with E-state index < -0.39 is 6.61 Å². The van der Waals surface area contributed by atoms with Crippen LogP contribution in [-0.4, -0.2) is 6.61 Å². The van der Waals surface area contributed by atoms with Crippen LogP contribution in [0.2, 0.25) is 5.02 Å². The third kappa shape index (κ3) is 3.46. The van der Waals surface area contributed by atoms with Gasteiger partial charge in [0.1, 0.15) is 5.75 Å². The lowest BCUT2D eigenvalue weighted by Gasteiger charge is -2.14. The van der Waals surface area contributed by atoms with Crippen molar-refractivity contribution in [2.75, 3.05) is 0 Å². The fraction of sp³-hybridized carbons (Fsp3) is 0.200. The lowest BCUT2D eigenvalue weighted by Crippen LogP contribution is -2.12. The summed E-state index contributed by atoms with van der Waals surface area (Å²) < 4.78 is 28.4. The van der Waals surface area contributed by atoms with Crippen molar-refractivity contribution in [3.8, 4) is 5.75 Å². The van der Waals surface area contributed by atoms with Crippen LogP contribution in [0.15, 0.2) is 42.5 Å². The summed E-state index contributed by atoms with van der Waals surface area (Å²) >= 11 is 6.07. The van der Waals surface area contributed by atoms with E-state index in [2.05, 4.69) is 4.74 Å². The molecule has 2 N–H and O–H groups in total. The number of hydrogen-bond acceptors (Lipinski definition) is 2. The SMILES string of the molecule is Cc1ccc(C(N)c2ccc(OC(F)F)cc2)cc1Cl. The van der Waals surface area contributed by atoms with Crippen LogP contribution in [0.1, 0.15) is 22.7 Å². The molecule has 5 heteroatoms. The molecule has 0 amide bonds. The molecular weight excluding hydrogens is 284 g/mol. The molecule has 2 rings (SSSR count). The minimum absolute atomic E-state index is 0.109. The van der Waals surface area contributed by atoms with Crippen molar-refractivity contribution in [1.82, 2.24) is 0 Å². The lowest BCUT2D eigenvalue weighted by atomic mass is 9.99. The number of ether oxygens (including phenoxy) is 1. The second kappa shape index (κ2) is 6.20. The first kappa shape index (κ1) is 14.8. The van der Waals surface area contributed by atoms with Crippen molar-refractivity contribution in [2.45, 2.75) is 19.6 Å². The van der Waals surface area contributed by atoms with E-state index in [-0.39, 0.29) is 11.8 Å². The number of halogens is 3. The fourth-order valence-corrected chi connectivity index (χ4v) is 2.04. The van der Waals surface area contributed by atoms with Gasteiger partial charge in [-0.3, -0.25) is 0 Å². The fourth-order valence-electron chi connectivity index (χ4n) is 1.85. The average molecular weight is 298 g/mol. The first-order valence-electron chi connectivity index (χ1n) is 6.04. The summed E-state index contributed by atoms with van der Waals surface area (Å²) in [4.78, 5) is 0. The van der Waals surface area contributed by atoms with Gasteiger partial charge in [0.05, 0.1) is 6.04 Å². The van der Waals surface area contributed by atoms with Gasteiger partial charge in [-0.2, -0.15) is 8.78 Å². The Morgan fingerprint density at radius 1 is 1.05 bits per heavy atom. The van der Waals surface area contributed by atoms with Crippen molar-refractivity contribution >= 4 is 11.6 Å². The molecule has 0 saturated carbocycles. The molecule has 1 unspecified atom stereocenters. The molecule has 0 bridgehead atoms. The average Bonchev–Trinajstić information content (AvgIpc) is 2.41. The smallest absolute Gasteiger partial charge is 0.387 e. The number of alkyl halides is 2. The molecule has 0 saturated heterocycles. The van der Waals surface area contributed by atoms with Crippen LogP contribution in [0.5, 0.6) is 5.75 Å². The zero-order chi connectivity index (χ0) is 14.7. The third-order valence-corrected chi connectivity index (χ3v) is 3.43. The highest BCUT2D eigenvalue weighted by atomic mass is 35.5. The third-order valence-electron chi connectivity index (χ3n) is 3.02. The molecule has 0 aliphatic carbocycles. The van der Waals surface area contributed by atoms with Crippen LogP contribution < -0.4 is 10.5 Å². The first-order chi connectivity index (χ1) is 9.47. The van der Waals surface area contributed by atoms with Gasteiger partial charge in [-0.15, -0.1) is 0 Å². The van der Waals surface area contributed by atoms with Crippen molar-refractivity contribution in [3.05, 3.63) is 64.2 Å². The summed E-state index contributed by atoms with van der Waals surface area (Å²) in [5.41, 5.74) is 8.78. The molecule has 0 radical (unpaired) electrons. The Morgan fingerprint density at radius 3 is 2.20 bits per heavy atom. The molecule has 0 spiro atoms. The van der Waals surface area contributed by atoms with Crippen molar-refractivity contribution in [3.63, 3.8) is 0 Å². The molecule has 2 nitrogen and oxygen atoms in total. The van der Waals surface area contributed by atoms with E-state index in [1.807, 2.05) is 25.1 Å². The largest absolute Gasteiger partial charge is 0.435 e. The summed E-state index contributed by atoms with van der Waals surface area (Å²) in [6.45, 7) is -0.917. The van der Waals surface area contributed by atoms with Crippen LogP contribution in [-0.2, 0) is 0 Å². The number of nitrogens with two attached hydrogens (primary N) is 1. The van der Waals surface area contributed by atoms with E-state index in [1.54, 1.807) is 12.1 Å². The van der Waals surface area contributed by atoms with Gasteiger partial charge < -0.3 is 10.5 Å². The monoisotopic (exact) mass is 297 g/mol. The number of benzene rings is 2. The van der Waals surface area contributed by atoms with E-state index >= 15 is 0 Å². The Labute approximate surface area is 121 Å². The molecule has 20 heavy (non-hydrogen) atoms. The van der Waals surface area contributed by atoms with Gasteiger partial charge in [0.25, 0.3) is 0 Å². The molecule has 0 aromatic heterocycles. The zero-order valence-electron chi connectivity index (χ0n) is 10.8. The Kier molecular flexibility index (Phi) is 4.57. The van der Waals surface area contributed by atoms with Crippen LogP contribution in [0.25, 0.3) is 0 Å². The standard InChI is InChI=1S/C15H14ClF2NO/c1-9-2-3-11(8-13(9)16)14(19)10-4-6-12(7-5-10)20-15(17)18/h2-8,14-15H,19H2,1H3. The molecule has 2 aromatic carbocycles. The topological polar surface area (TPSA) is 35.2 Å². The number of aryl methyl sites for hydroxylation is 1. The number of hydrogen-bond donors (Lipinski definition) is 1. The minimum atomic E-state index is -2.83. The molecular formula is C15H14ClF2NO. The van der Waals surface area contributed by atoms with Crippen molar-refractivity contribution in [1.29, 1.82) is 0 Å². The maximum Gasteiger partial charge on any atom is 0.387 e. The van der Waals surface area contributed by atoms with Crippen LogP contribution in [0.3, 0.4) is 0 Å². The van der Waals surface area contributed by atoms with E-state index in [1.165, 1.54) is 12.1 Å². The van der Waals surface area contributed by atoms with E-state index in [4.69, 9.17) is 17.3 Å². The van der Waals surface area contributed by atoms with Gasteiger partial charge in [-0.25, -0.2) is 0 Å². The summed E-state index contributed by atoms with van der Waals surface area (Å²) in [6, 6.07) is 11.5.